The third-order valence-corrected chi connectivity index (χ3v) is 4.20. The van der Waals surface area contributed by atoms with Crippen molar-refractivity contribution in [3.8, 4) is 11.6 Å². The molecule has 0 unspecified atom stereocenters. The average molecular weight is 350 g/mol. The monoisotopic (exact) mass is 350 g/mol. The van der Waals surface area contributed by atoms with E-state index in [1.165, 1.54) is 0 Å². The number of carbonyl (C=O) groups excluding carboxylic acids is 1. The Morgan fingerprint density at radius 1 is 1.12 bits per heavy atom. The second-order valence-corrected chi connectivity index (χ2v) is 5.86. The molecule has 0 saturated carbocycles. The van der Waals surface area contributed by atoms with Gasteiger partial charge in [0.15, 0.2) is 0 Å². The first kappa shape index (κ1) is 16.1. The Bertz CT molecular complexity index is 924. The Hall–Kier alpha value is -3.35. The highest BCUT2D eigenvalue weighted by molar-refractivity contribution is 6.05. The van der Waals surface area contributed by atoms with Crippen LogP contribution in [0, 0.1) is 0 Å². The lowest BCUT2D eigenvalue weighted by Gasteiger charge is -2.27. The number of fused-ring (bicyclic) bond motifs is 1. The van der Waals surface area contributed by atoms with E-state index in [0.717, 1.165) is 11.4 Å². The zero-order chi connectivity index (χ0) is 17.9. The van der Waals surface area contributed by atoms with Gasteiger partial charge in [0.05, 0.1) is 13.7 Å². The lowest BCUT2D eigenvalue weighted by molar-refractivity contribution is 0.0962. The smallest absolute Gasteiger partial charge is 0.276 e. The molecule has 0 saturated heterocycles. The Morgan fingerprint density at radius 3 is 2.85 bits per heavy atom. The summed E-state index contributed by atoms with van der Waals surface area (Å²) in [4.78, 5) is 18.7. The second-order valence-electron chi connectivity index (χ2n) is 5.86. The number of hydrogen-bond donors (Lipinski definition) is 0. The molecule has 1 aliphatic rings. The first-order valence-corrected chi connectivity index (χ1v) is 8.31. The summed E-state index contributed by atoms with van der Waals surface area (Å²) >= 11 is 0. The van der Waals surface area contributed by atoms with Gasteiger partial charge >= 0.3 is 0 Å². The van der Waals surface area contributed by atoms with E-state index in [0.29, 0.717) is 30.4 Å². The van der Waals surface area contributed by atoms with Gasteiger partial charge in [-0.15, -0.1) is 0 Å². The van der Waals surface area contributed by atoms with Crippen LogP contribution < -0.4 is 14.4 Å². The number of hydrogen-bond acceptors (Lipinski definition) is 5. The van der Waals surface area contributed by atoms with Crippen molar-refractivity contribution in [3.63, 3.8) is 0 Å². The first-order valence-electron chi connectivity index (χ1n) is 8.31. The van der Waals surface area contributed by atoms with Crippen LogP contribution in [0.1, 0.15) is 16.2 Å². The third-order valence-electron chi connectivity index (χ3n) is 4.20. The molecule has 3 heterocycles. The zero-order valence-electron chi connectivity index (χ0n) is 14.3. The molecule has 4 rings (SSSR count). The van der Waals surface area contributed by atoms with Gasteiger partial charge in [0.1, 0.15) is 23.7 Å². The molecule has 0 spiro atoms. The van der Waals surface area contributed by atoms with Crippen molar-refractivity contribution in [1.29, 1.82) is 0 Å². The fraction of sp³-hybridized carbons (Fsp3) is 0.211. The number of nitrogens with zero attached hydrogens (tertiary/aromatic N) is 4. The van der Waals surface area contributed by atoms with Crippen LogP contribution >= 0.6 is 0 Å². The topological polar surface area (TPSA) is 69.5 Å². The van der Waals surface area contributed by atoms with Crippen molar-refractivity contribution in [2.24, 2.45) is 0 Å². The molecule has 0 N–H and O–H groups in total. The van der Waals surface area contributed by atoms with Crippen LogP contribution in [0.15, 0.2) is 54.7 Å². The molecule has 7 nitrogen and oxygen atoms in total. The van der Waals surface area contributed by atoms with E-state index in [1.807, 2.05) is 36.4 Å². The van der Waals surface area contributed by atoms with E-state index in [-0.39, 0.29) is 12.5 Å². The molecule has 1 aliphatic heterocycles. The predicted octanol–water partition coefficient (Wildman–Crippen LogP) is 2.53. The minimum atomic E-state index is -0.0823. The molecule has 0 fully saturated rings. The number of anilines is 1. The minimum absolute atomic E-state index is 0.0823. The predicted molar refractivity (Wildman–Crippen MR) is 95.5 cm³/mol. The van der Waals surface area contributed by atoms with Crippen molar-refractivity contribution in [1.82, 2.24) is 14.8 Å². The summed E-state index contributed by atoms with van der Waals surface area (Å²) < 4.78 is 12.6. The van der Waals surface area contributed by atoms with Crippen molar-refractivity contribution < 1.29 is 14.3 Å². The Morgan fingerprint density at radius 2 is 2.04 bits per heavy atom. The average Bonchev–Trinajstić information content (AvgIpc) is 3.12. The molecule has 0 aliphatic carbocycles. The van der Waals surface area contributed by atoms with Gasteiger partial charge in [0.2, 0.25) is 5.88 Å². The van der Waals surface area contributed by atoms with E-state index < -0.39 is 0 Å². The maximum absolute atomic E-state index is 12.9. The number of aromatic nitrogens is 3. The highest BCUT2D eigenvalue weighted by atomic mass is 16.5. The maximum Gasteiger partial charge on any atom is 0.276 e. The first-order chi connectivity index (χ1) is 12.7. The van der Waals surface area contributed by atoms with Crippen molar-refractivity contribution >= 4 is 11.6 Å². The Balaban J connectivity index is 1.52. The second kappa shape index (κ2) is 6.87. The largest absolute Gasteiger partial charge is 0.497 e. The lowest BCUT2D eigenvalue weighted by Crippen LogP contribution is -2.40. The summed E-state index contributed by atoms with van der Waals surface area (Å²) in [6, 6.07) is 14.7. The van der Waals surface area contributed by atoms with Crippen LogP contribution in [0.5, 0.6) is 11.6 Å². The summed E-state index contributed by atoms with van der Waals surface area (Å²) in [6.45, 7) is 1.45. The van der Waals surface area contributed by atoms with E-state index in [9.17, 15) is 4.79 Å². The highest BCUT2D eigenvalue weighted by Crippen LogP contribution is 2.25. The number of pyridine rings is 1. The van der Waals surface area contributed by atoms with Crippen molar-refractivity contribution in [3.05, 3.63) is 66.1 Å². The molecule has 26 heavy (non-hydrogen) atoms. The van der Waals surface area contributed by atoms with E-state index >= 15 is 0 Å². The number of amides is 1. The number of methoxy groups -OCH3 is 1. The summed E-state index contributed by atoms with van der Waals surface area (Å²) in [5.41, 5.74) is 2.07. The van der Waals surface area contributed by atoms with Gasteiger partial charge in [0.25, 0.3) is 5.91 Å². The van der Waals surface area contributed by atoms with Gasteiger partial charge in [-0.25, -0.2) is 4.98 Å². The molecule has 0 radical (unpaired) electrons. The zero-order valence-corrected chi connectivity index (χ0v) is 14.3. The lowest BCUT2D eigenvalue weighted by atomic mass is 10.2. The molecule has 2 aromatic heterocycles. The molecule has 1 aromatic carbocycles. The minimum Gasteiger partial charge on any atom is -0.497 e. The number of ether oxygens (including phenoxy) is 2. The number of benzene rings is 1. The van der Waals surface area contributed by atoms with Gasteiger partial charge < -0.3 is 14.4 Å². The van der Waals surface area contributed by atoms with E-state index in [1.54, 1.807) is 35.0 Å². The third kappa shape index (κ3) is 3.11. The Labute approximate surface area is 150 Å². The van der Waals surface area contributed by atoms with Gasteiger partial charge in [-0.05, 0) is 24.3 Å². The molecule has 0 atom stereocenters. The van der Waals surface area contributed by atoms with Gasteiger partial charge in [0, 0.05) is 30.6 Å². The maximum atomic E-state index is 12.9. The quantitative estimate of drug-likeness (QED) is 0.707. The van der Waals surface area contributed by atoms with Crippen LogP contribution in [0.25, 0.3) is 0 Å². The fourth-order valence-corrected chi connectivity index (χ4v) is 2.92. The Kier molecular flexibility index (Phi) is 4.27. The van der Waals surface area contributed by atoms with Crippen LogP contribution in [0.3, 0.4) is 0 Å². The van der Waals surface area contributed by atoms with Crippen LogP contribution in [-0.2, 0) is 13.2 Å². The summed E-state index contributed by atoms with van der Waals surface area (Å²) in [5, 5.41) is 4.47. The molecule has 0 bridgehead atoms. The SMILES string of the molecule is COc1cccc(N2CCn3nc(COc4ccccn4)cc3C2=O)c1. The standard InChI is InChI=1S/C19H18N4O3/c1-25-16-6-4-5-15(12-16)22-9-10-23-17(19(22)24)11-14(21-23)13-26-18-7-2-3-8-20-18/h2-8,11-12H,9-10,13H2,1H3. The van der Waals surface area contributed by atoms with Crippen LogP contribution in [-0.4, -0.2) is 34.3 Å². The fourth-order valence-electron chi connectivity index (χ4n) is 2.92. The van der Waals surface area contributed by atoms with Gasteiger partial charge in [-0.3, -0.25) is 9.48 Å². The molecular weight excluding hydrogens is 332 g/mol. The van der Waals surface area contributed by atoms with E-state index in [4.69, 9.17) is 9.47 Å². The van der Waals surface area contributed by atoms with Crippen molar-refractivity contribution in [2.75, 3.05) is 18.6 Å². The van der Waals surface area contributed by atoms with Crippen LogP contribution in [0.4, 0.5) is 5.69 Å². The van der Waals surface area contributed by atoms with Gasteiger partial charge in [-0.1, -0.05) is 12.1 Å². The molecule has 1 amide bonds. The highest BCUT2D eigenvalue weighted by Gasteiger charge is 2.27. The molecule has 132 valence electrons. The molecule has 3 aromatic rings. The molecular formula is C19H18N4O3. The molecule has 7 heteroatoms. The van der Waals surface area contributed by atoms with Crippen molar-refractivity contribution in [2.45, 2.75) is 13.2 Å². The summed E-state index contributed by atoms with van der Waals surface area (Å²) in [5.74, 6) is 1.17. The van der Waals surface area contributed by atoms with Crippen LogP contribution in [0.2, 0.25) is 0 Å². The number of rotatable bonds is 5. The summed E-state index contributed by atoms with van der Waals surface area (Å²) in [7, 11) is 1.61. The van der Waals surface area contributed by atoms with E-state index in [2.05, 4.69) is 10.1 Å². The summed E-state index contributed by atoms with van der Waals surface area (Å²) in [6.07, 6.45) is 1.67. The van der Waals surface area contributed by atoms with Gasteiger partial charge in [-0.2, -0.15) is 5.10 Å². The number of carbonyl (C=O) groups is 1. The normalized spacial score (nSPS) is 13.4.